The maximum atomic E-state index is 11.3. The lowest BCUT2D eigenvalue weighted by Crippen LogP contribution is -2.46. The van der Waals surface area contributed by atoms with Crippen LogP contribution in [0.4, 0.5) is 0 Å². The van der Waals surface area contributed by atoms with Gasteiger partial charge in [0.2, 0.25) is 11.8 Å². The quantitative estimate of drug-likeness (QED) is 0.622. The van der Waals surface area contributed by atoms with Crippen molar-refractivity contribution in [3.8, 4) is 0 Å². The van der Waals surface area contributed by atoms with E-state index in [9.17, 15) is 9.59 Å². The van der Waals surface area contributed by atoms with Crippen LogP contribution in [0.1, 0.15) is 34.6 Å². The summed E-state index contributed by atoms with van der Waals surface area (Å²) in [5.74, 6) is -0.340. The monoisotopic (exact) mass is 229 g/mol. The minimum atomic E-state index is -0.172. The molecule has 0 saturated carbocycles. The van der Waals surface area contributed by atoms with Crippen molar-refractivity contribution in [1.82, 2.24) is 16.0 Å². The zero-order valence-corrected chi connectivity index (χ0v) is 10.8. The van der Waals surface area contributed by atoms with Crippen molar-refractivity contribution in [2.45, 2.75) is 46.2 Å². The molecule has 0 bridgehead atoms. The van der Waals surface area contributed by atoms with Gasteiger partial charge in [-0.05, 0) is 34.6 Å². The highest BCUT2D eigenvalue weighted by Gasteiger charge is 2.11. The molecule has 0 radical (unpaired) electrons. The molecule has 0 aromatic carbocycles. The van der Waals surface area contributed by atoms with Crippen LogP contribution >= 0.6 is 0 Å². The molecular formula is C11H23N3O2. The van der Waals surface area contributed by atoms with Crippen LogP contribution in [0.2, 0.25) is 0 Å². The Hall–Kier alpha value is -1.10. The first-order valence-corrected chi connectivity index (χ1v) is 5.52. The number of carbonyl (C=O) groups excluding carboxylic acids is 2. The summed E-state index contributed by atoms with van der Waals surface area (Å²) in [7, 11) is 0. The van der Waals surface area contributed by atoms with E-state index in [2.05, 4.69) is 16.0 Å². The van der Waals surface area contributed by atoms with Gasteiger partial charge in [0.1, 0.15) is 0 Å². The van der Waals surface area contributed by atoms with Crippen LogP contribution in [-0.4, -0.2) is 36.5 Å². The maximum Gasteiger partial charge on any atom is 0.239 e. The second-order valence-electron chi connectivity index (χ2n) is 5.10. The summed E-state index contributed by atoms with van der Waals surface area (Å²) in [5, 5.41) is 8.29. The van der Waals surface area contributed by atoms with Gasteiger partial charge in [-0.3, -0.25) is 9.59 Å². The van der Waals surface area contributed by atoms with Crippen LogP contribution in [0.5, 0.6) is 0 Å². The number of hydrogen-bond acceptors (Lipinski definition) is 3. The first kappa shape index (κ1) is 14.9. The maximum absolute atomic E-state index is 11.3. The van der Waals surface area contributed by atoms with Crippen molar-refractivity contribution in [1.29, 1.82) is 0 Å². The van der Waals surface area contributed by atoms with Gasteiger partial charge < -0.3 is 16.0 Å². The molecule has 0 aromatic rings. The molecule has 3 N–H and O–H groups in total. The first-order valence-electron chi connectivity index (χ1n) is 5.52. The Kier molecular flexibility index (Phi) is 6.03. The Balaban J connectivity index is 3.70. The fraction of sp³-hybridized carbons (Fsp3) is 0.818. The summed E-state index contributed by atoms with van der Waals surface area (Å²) in [6.07, 6.45) is 0. The van der Waals surface area contributed by atoms with E-state index >= 15 is 0 Å². The van der Waals surface area contributed by atoms with Gasteiger partial charge in [0.05, 0.1) is 13.1 Å². The van der Waals surface area contributed by atoms with Crippen molar-refractivity contribution in [2.75, 3.05) is 13.1 Å². The highest BCUT2D eigenvalue weighted by Crippen LogP contribution is 1.96. The third-order valence-corrected chi connectivity index (χ3v) is 1.68. The highest BCUT2D eigenvalue weighted by atomic mass is 16.2. The minimum absolute atomic E-state index is 0.0306. The van der Waals surface area contributed by atoms with E-state index in [0.717, 1.165) is 0 Å². The molecule has 5 nitrogen and oxygen atoms in total. The van der Waals surface area contributed by atoms with Crippen molar-refractivity contribution < 1.29 is 9.59 Å². The van der Waals surface area contributed by atoms with Gasteiger partial charge in [-0.1, -0.05) is 0 Å². The fourth-order valence-corrected chi connectivity index (χ4v) is 0.960. The lowest BCUT2D eigenvalue weighted by atomic mass is 10.1. The molecule has 94 valence electrons. The molecule has 0 aliphatic carbocycles. The second kappa shape index (κ2) is 6.48. The van der Waals surface area contributed by atoms with Gasteiger partial charge >= 0.3 is 0 Å². The summed E-state index contributed by atoms with van der Waals surface area (Å²) < 4.78 is 0. The van der Waals surface area contributed by atoms with Crippen molar-refractivity contribution in [2.24, 2.45) is 0 Å². The van der Waals surface area contributed by atoms with E-state index in [4.69, 9.17) is 0 Å². The zero-order valence-electron chi connectivity index (χ0n) is 10.8. The van der Waals surface area contributed by atoms with Crippen LogP contribution in [0.3, 0.4) is 0 Å². The average molecular weight is 229 g/mol. The Morgan fingerprint density at radius 1 is 1.06 bits per heavy atom. The van der Waals surface area contributed by atoms with Crippen molar-refractivity contribution >= 4 is 11.8 Å². The molecule has 0 fully saturated rings. The van der Waals surface area contributed by atoms with E-state index in [1.54, 1.807) is 0 Å². The van der Waals surface area contributed by atoms with E-state index in [0.29, 0.717) is 0 Å². The Bertz CT molecular complexity index is 244. The smallest absolute Gasteiger partial charge is 0.239 e. The molecule has 0 rings (SSSR count). The van der Waals surface area contributed by atoms with Gasteiger partial charge in [-0.15, -0.1) is 0 Å². The molecule has 0 spiro atoms. The normalized spacial score (nSPS) is 11.4. The minimum Gasteiger partial charge on any atom is -0.352 e. The second-order valence-corrected chi connectivity index (χ2v) is 5.10. The SMILES string of the molecule is CC(C)NC(=O)CNC(=O)CNC(C)(C)C. The van der Waals surface area contributed by atoms with Gasteiger partial charge in [0.15, 0.2) is 0 Å². The molecule has 0 unspecified atom stereocenters. The molecular weight excluding hydrogens is 206 g/mol. The first-order chi connectivity index (χ1) is 7.20. The predicted molar refractivity (Wildman–Crippen MR) is 64.0 cm³/mol. The lowest BCUT2D eigenvalue weighted by Gasteiger charge is -2.20. The van der Waals surface area contributed by atoms with Crippen LogP contribution in [0.15, 0.2) is 0 Å². The average Bonchev–Trinajstić information content (AvgIpc) is 2.09. The Morgan fingerprint density at radius 3 is 2.06 bits per heavy atom. The topological polar surface area (TPSA) is 70.2 Å². The van der Waals surface area contributed by atoms with Gasteiger partial charge in [0, 0.05) is 11.6 Å². The van der Waals surface area contributed by atoms with Crippen molar-refractivity contribution in [3.63, 3.8) is 0 Å². The number of amides is 2. The molecule has 0 heterocycles. The van der Waals surface area contributed by atoms with Gasteiger partial charge in [0.25, 0.3) is 0 Å². The zero-order chi connectivity index (χ0) is 12.8. The van der Waals surface area contributed by atoms with Crippen LogP contribution in [0, 0.1) is 0 Å². The van der Waals surface area contributed by atoms with E-state index in [-0.39, 0.29) is 36.5 Å². The van der Waals surface area contributed by atoms with Crippen LogP contribution < -0.4 is 16.0 Å². The van der Waals surface area contributed by atoms with E-state index in [1.165, 1.54) is 0 Å². The number of carbonyl (C=O) groups is 2. The Labute approximate surface area is 97.4 Å². The number of rotatable bonds is 5. The van der Waals surface area contributed by atoms with Crippen LogP contribution in [-0.2, 0) is 9.59 Å². The highest BCUT2D eigenvalue weighted by molar-refractivity contribution is 5.85. The summed E-state index contributed by atoms with van der Waals surface area (Å²) >= 11 is 0. The van der Waals surface area contributed by atoms with Gasteiger partial charge in [-0.25, -0.2) is 0 Å². The number of hydrogen-bond donors (Lipinski definition) is 3. The largest absolute Gasteiger partial charge is 0.352 e. The summed E-state index contributed by atoms with van der Waals surface area (Å²) in [6, 6.07) is 0.0945. The molecule has 5 heteroatoms. The van der Waals surface area contributed by atoms with Gasteiger partial charge in [-0.2, -0.15) is 0 Å². The molecule has 2 amide bonds. The molecule has 0 saturated heterocycles. The molecule has 0 aromatic heterocycles. The van der Waals surface area contributed by atoms with Crippen molar-refractivity contribution in [3.05, 3.63) is 0 Å². The third kappa shape index (κ3) is 9.45. The van der Waals surface area contributed by atoms with E-state index < -0.39 is 0 Å². The predicted octanol–water partition coefficient (Wildman–Crippen LogP) is 0.0153. The van der Waals surface area contributed by atoms with Crippen LogP contribution in [0.25, 0.3) is 0 Å². The lowest BCUT2D eigenvalue weighted by molar-refractivity contribution is -0.126. The van der Waals surface area contributed by atoms with E-state index in [1.807, 2.05) is 34.6 Å². The molecule has 0 aliphatic heterocycles. The fourth-order valence-electron chi connectivity index (χ4n) is 0.960. The molecule has 0 aliphatic rings. The molecule has 16 heavy (non-hydrogen) atoms. The summed E-state index contributed by atoms with van der Waals surface area (Å²) in [5.41, 5.74) is -0.0997. The summed E-state index contributed by atoms with van der Waals surface area (Å²) in [4.78, 5) is 22.5. The summed E-state index contributed by atoms with van der Waals surface area (Å²) in [6.45, 7) is 9.94. The standard InChI is InChI=1S/C11H23N3O2/c1-8(2)14-10(16)6-12-9(15)7-13-11(3,4)5/h8,13H,6-7H2,1-5H3,(H,12,15)(H,14,16). The third-order valence-electron chi connectivity index (χ3n) is 1.68. The number of nitrogens with one attached hydrogen (secondary N) is 3. The Morgan fingerprint density at radius 2 is 1.62 bits per heavy atom. The molecule has 0 atom stereocenters.